The van der Waals surface area contributed by atoms with E-state index in [1.54, 1.807) is 0 Å². The van der Waals surface area contributed by atoms with E-state index in [0.29, 0.717) is 0 Å². The van der Waals surface area contributed by atoms with Crippen molar-refractivity contribution in [2.24, 2.45) is 0 Å². The molecule has 1 aromatic heterocycles. The predicted molar refractivity (Wildman–Crippen MR) is 47.3 cm³/mol. The number of aliphatic hydroxyl groups excluding tert-OH is 1. The SMILES string of the molecule is Nc1nc(CO)c(C(F)(C(F)(F)F)C(F)(F)F)s1. The maximum absolute atomic E-state index is 13.6. The molecule has 0 amide bonds. The molecule has 104 valence electrons. The topological polar surface area (TPSA) is 59.1 Å². The van der Waals surface area contributed by atoms with E-state index in [1.807, 2.05) is 0 Å². The second kappa shape index (κ2) is 4.23. The van der Waals surface area contributed by atoms with E-state index in [9.17, 15) is 30.7 Å². The molecule has 0 aliphatic rings. The van der Waals surface area contributed by atoms with Crippen LogP contribution in [0.5, 0.6) is 0 Å². The number of nitrogen functional groups attached to an aromatic ring is 1. The van der Waals surface area contributed by atoms with Crippen molar-refractivity contribution >= 4 is 16.5 Å². The van der Waals surface area contributed by atoms with Gasteiger partial charge in [0.2, 0.25) is 0 Å². The normalized spacial score (nSPS) is 14.0. The van der Waals surface area contributed by atoms with Crippen LogP contribution in [-0.2, 0) is 12.3 Å². The minimum atomic E-state index is -6.24. The lowest BCUT2D eigenvalue weighted by molar-refractivity contribution is -0.347. The van der Waals surface area contributed by atoms with Gasteiger partial charge in [0.15, 0.2) is 5.13 Å². The zero-order valence-electron chi connectivity index (χ0n) is 8.23. The molecule has 0 saturated carbocycles. The van der Waals surface area contributed by atoms with Gasteiger partial charge in [0, 0.05) is 0 Å². The number of nitrogens with two attached hydrogens (primary N) is 1. The molecule has 0 bridgehead atoms. The molecule has 0 unspecified atom stereocenters. The Morgan fingerprint density at radius 1 is 1.06 bits per heavy atom. The number of nitrogens with zero attached hydrogens (tertiary/aromatic N) is 1. The number of thiazole rings is 1. The van der Waals surface area contributed by atoms with Gasteiger partial charge in [0.1, 0.15) is 0 Å². The van der Waals surface area contributed by atoms with Crippen LogP contribution < -0.4 is 5.73 Å². The molecule has 0 aromatic carbocycles. The lowest BCUT2D eigenvalue weighted by atomic mass is 10.0. The number of aromatic nitrogens is 1. The fourth-order valence-corrected chi connectivity index (χ4v) is 2.13. The van der Waals surface area contributed by atoms with E-state index >= 15 is 0 Å². The van der Waals surface area contributed by atoms with Crippen molar-refractivity contribution < 1.29 is 35.8 Å². The van der Waals surface area contributed by atoms with Crippen molar-refractivity contribution in [2.75, 3.05) is 5.73 Å². The number of halogens is 7. The lowest BCUT2D eigenvalue weighted by Gasteiger charge is -2.29. The fraction of sp³-hybridized carbons (Fsp3) is 0.571. The van der Waals surface area contributed by atoms with Crippen molar-refractivity contribution in [2.45, 2.75) is 24.6 Å². The van der Waals surface area contributed by atoms with Gasteiger partial charge in [-0.15, -0.1) is 0 Å². The Kier molecular flexibility index (Phi) is 3.51. The van der Waals surface area contributed by atoms with Gasteiger partial charge in [-0.1, -0.05) is 11.3 Å². The molecule has 11 heteroatoms. The summed E-state index contributed by atoms with van der Waals surface area (Å²) in [6, 6.07) is 0. The second-order valence-corrected chi connectivity index (χ2v) is 4.17. The Morgan fingerprint density at radius 3 is 1.83 bits per heavy atom. The molecule has 0 saturated heterocycles. The number of hydrogen-bond donors (Lipinski definition) is 2. The van der Waals surface area contributed by atoms with Crippen molar-refractivity contribution in [3.8, 4) is 0 Å². The maximum atomic E-state index is 13.6. The summed E-state index contributed by atoms with van der Waals surface area (Å²) in [5.41, 5.74) is -1.76. The van der Waals surface area contributed by atoms with Crippen LogP contribution >= 0.6 is 11.3 Å². The summed E-state index contributed by atoms with van der Waals surface area (Å²) in [6.07, 6.45) is -12.5. The summed E-state index contributed by atoms with van der Waals surface area (Å²) >= 11 is -0.309. The van der Waals surface area contributed by atoms with Crippen LogP contribution in [0.3, 0.4) is 0 Å². The Labute approximate surface area is 99.0 Å². The fourth-order valence-electron chi connectivity index (χ4n) is 1.16. The van der Waals surface area contributed by atoms with Crippen molar-refractivity contribution in [3.05, 3.63) is 10.6 Å². The quantitative estimate of drug-likeness (QED) is 0.825. The Morgan fingerprint density at radius 2 is 1.50 bits per heavy atom. The van der Waals surface area contributed by atoms with Crippen LogP contribution in [-0.4, -0.2) is 22.4 Å². The molecule has 1 heterocycles. The molecule has 0 radical (unpaired) electrons. The van der Waals surface area contributed by atoms with Crippen molar-refractivity contribution in [1.29, 1.82) is 0 Å². The molecule has 0 atom stereocenters. The summed E-state index contributed by atoms with van der Waals surface area (Å²) in [4.78, 5) is 1.23. The molecule has 3 N–H and O–H groups in total. The minimum Gasteiger partial charge on any atom is -0.390 e. The van der Waals surface area contributed by atoms with E-state index in [1.165, 1.54) is 0 Å². The molecule has 0 aliphatic heterocycles. The zero-order valence-corrected chi connectivity index (χ0v) is 9.05. The van der Waals surface area contributed by atoms with Gasteiger partial charge in [-0.25, -0.2) is 9.37 Å². The summed E-state index contributed by atoms with van der Waals surface area (Å²) in [7, 11) is 0. The largest absolute Gasteiger partial charge is 0.436 e. The van der Waals surface area contributed by atoms with Gasteiger partial charge in [-0.2, -0.15) is 26.3 Å². The molecule has 0 spiro atoms. The Balaban J connectivity index is 3.55. The van der Waals surface area contributed by atoms with Crippen molar-refractivity contribution in [3.63, 3.8) is 0 Å². The van der Waals surface area contributed by atoms with E-state index in [0.717, 1.165) is 0 Å². The lowest BCUT2D eigenvalue weighted by Crippen LogP contribution is -2.50. The van der Waals surface area contributed by atoms with Crippen LogP contribution in [0, 0.1) is 0 Å². The van der Waals surface area contributed by atoms with E-state index in [2.05, 4.69) is 4.98 Å². The first kappa shape index (κ1) is 15.0. The highest BCUT2D eigenvalue weighted by atomic mass is 32.1. The van der Waals surface area contributed by atoms with E-state index in [-0.39, 0.29) is 11.3 Å². The Bertz CT molecular complexity index is 424. The number of anilines is 1. The zero-order chi connectivity index (χ0) is 14.4. The summed E-state index contributed by atoms with van der Waals surface area (Å²) in [6.45, 7) is -1.29. The molecule has 1 aromatic rings. The number of aliphatic hydroxyl groups is 1. The third kappa shape index (κ3) is 2.11. The Hall–Kier alpha value is -1.10. The summed E-state index contributed by atoms with van der Waals surface area (Å²) < 4.78 is 87.8. The number of hydrogen-bond acceptors (Lipinski definition) is 4. The highest BCUT2D eigenvalue weighted by Gasteiger charge is 2.75. The molecule has 0 fully saturated rings. The summed E-state index contributed by atoms with van der Waals surface area (Å²) in [5, 5.41) is 7.91. The number of alkyl halides is 7. The molecular weight excluding hydrogens is 293 g/mol. The summed E-state index contributed by atoms with van der Waals surface area (Å²) in [5.74, 6) is 0. The standard InChI is InChI=1S/C7H5F7N2OS/c8-5(6(9,10)11,7(12,13)14)3-2(1-17)16-4(15)18-3/h17H,1H2,(H2,15,16). The average molecular weight is 298 g/mol. The van der Waals surface area contributed by atoms with Gasteiger partial charge >= 0.3 is 18.0 Å². The third-order valence-electron chi connectivity index (χ3n) is 1.96. The molecular formula is C7H5F7N2OS. The van der Waals surface area contributed by atoms with Gasteiger partial charge in [0.25, 0.3) is 0 Å². The number of rotatable bonds is 2. The highest BCUT2D eigenvalue weighted by Crippen LogP contribution is 2.55. The van der Waals surface area contributed by atoms with E-state index < -0.39 is 40.3 Å². The van der Waals surface area contributed by atoms with Crippen molar-refractivity contribution in [1.82, 2.24) is 4.98 Å². The third-order valence-corrected chi connectivity index (χ3v) is 2.98. The first-order valence-electron chi connectivity index (χ1n) is 4.14. The minimum absolute atomic E-state index is 0.309. The van der Waals surface area contributed by atoms with Crippen LogP contribution in [0.25, 0.3) is 0 Å². The first-order valence-corrected chi connectivity index (χ1v) is 4.95. The van der Waals surface area contributed by atoms with E-state index in [4.69, 9.17) is 10.8 Å². The monoisotopic (exact) mass is 298 g/mol. The molecule has 3 nitrogen and oxygen atoms in total. The highest BCUT2D eigenvalue weighted by molar-refractivity contribution is 7.15. The van der Waals surface area contributed by atoms with Crippen LogP contribution in [0.4, 0.5) is 35.9 Å². The average Bonchev–Trinajstić information content (AvgIpc) is 2.54. The van der Waals surface area contributed by atoms with Crippen LogP contribution in [0.15, 0.2) is 0 Å². The molecule has 1 rings (SSSR count). The van der Waals surface area contributed by atoms with Gasteiger partial charge in [-0.05, 0) is 0 Å². The smallest absolute Gasteiger partial charge is 0.390 e. The van der Waals surface area contributed by atoms with Crippen LogP contribution in [0.1, 0.15) is 10.6 Å². The van der Waals surface area contributed by atoms with Gasteiger partial charge in [0.05, 0.1) is 17.2 Å². The maximum Gasteiger partial charge on any atom is 0.436 e. The van der Waals surface area contributed by atoms with Gasteiger partial charge < -0.3 is 10.8 Å². The second-order valence-electron chi connectivity index (χ2n) is 3.14. The first-order chi connectivity index (χ1) is 7.95. The molecule has 0 aliphatic carbocycles. The molecule has 18 heavy (non-hydrogen) atoms. The van der Waals surface area contributed by atoms with Crippen LogP contribution in [0.2, 0.25) is 0 Å². The van der Waals surface area contributed by atoms with Gasteiger partial charge in [-0.3, -0.25) is 0 Å². The predicted octanol–water partition coefficient (Wildman–Crippen LogP) is 2.51.